The van der Waals surface area contributed by atoms with Crippen LogP contribution in [0.3, 0.4) is 0 Å². The Kier molecular flexibility index (Phi) is 4.75. The summed E-state index contributed by atoms with van der Waals surface area (Å²) < 4.78 is 15.6. The lowest BCUT2D eigenvalue weighted by Gasteiger charge is -2.24. The van der Waals surface area contributed by atoms with Gasteiger partial charge in [0, 0.05) is 6.54 Å². The van der Waals surface area contributed by atoms with Gasteiger partial charge in [-0.1, -0.05) is 42.5 Å². The number of fused-ring (bicyclic) bond motifs is 1. The average Bonchev–Trinajstić information content (AvgIpc) is 3.12. The van der Waals surface area contributed by atoms with Crippen molar-refractivity contribution in [2.24, 2.45) is 0 Å². The standard InChI is InChI=1S/C21H20FN5O/c1-21(28,15-7-3-2-4-8-15)13-14-23-18-11-12-19-24-25-20(27(19)26-18)16-9-5-6-10-17(16)22/h2-12,28H,13-14H2,1H3,(H,23,26). The number of benzene rings is 2. The van der Waals surface area contributed by atoms with E-state index >= 15 is 0 Å². The topological polar surface area (TPSA) is 75.3 Å². The molecule has 28 heavy (non-hydrogen) atoms. The second-order valence-corrected chi connectivity index (χ2v) is 6.81. The van der Waals surface area contributed by atoms with Crippen molar-refractivity contribution >= 4 is 11.5 Å². The van der Waals surface area contributed by atoms with Crippen LogP contribution in [0.25, 0.3) is 17.0 Å². The maximum absolute atomic E-state index is 14.1. The Balaban J connectivity index is 1.52. The van der Waals surface area contributed by atoms with Gasteiger partial charge < -0.3 is 10.4 Å². The molecule has 0 aliphatic carbocycles. The van der Waals surface area contributed by atoms with Gasteiger partial charge in [-0.15, -0.1) is 15.3 Å². The minimum Gasteiger partial charge on any atom is -0.385 e. The molecule has 142 valence electrons. The number of nitrogens with zero attached hydrogens (tertiary/aromatic N) is 4. The molecule has 2 aromatic heterocycles. The van der Waals surface area contributed by atoms with Crippen molar-refractivity contribution in [2.75, 3.05) is 11.9 Å². The molecular weight excluding hydrogens is 357 g/mol. The first-order valence-corrected chi connectivity index (χ1v) is 9.04. The molecule has 2 heterocycles. The normalized spacial score (nSPS) is 13.4. The Labute approximate surface area is 161 Å². The lowest BCUT2D eigenvalue weighted by molar-refractivity contribution is 0.0515. The highest BCUT2D eigenvalue weighted by Crippen LogP contribution is 2.24. The van der Waals surface area contributed by atoms with Crippen LogP contribution in [-0.2, 0) is 5.60 Å². The molecule has 1 atom stereocenters. The largest absolute Gasteiger partial charge is 0.385 e. The van der Waals surface area contributed by atoms with Crippen LogP contribution in [0.1, 0.15) is 18.9 Å². The van der Waals surface area contributed by atoms with E-state index < -0.39 is 5.60 Å². The number of nitrogens with one attached hydrogen (secondary N) is 1. The summed E-state index contributed by atoms with van der Waals surface area (Å²) >= 11 is 0. The van der Waals surface area contributed by atoms with E-state index in [2.05, 4.69) is 20.6 Å². The fourth-order valence-corrected chi connectivity index (χ4v) is 3.07. The summed E-state index contributed by atoms with van der Waals surface area (Å²) in [6.45, 7) is 2.30. The Bertz CT molecular complexity index is 1090. The van der Waals surface area contributed by atoms with E-state index in [0.717, 1.165) is 5.56 Å². The third-order valence-corrected chi connectivity index (χ3v) is 4.69. The van der Waals surface area contributed by atoms with Crippen molar-refractivity contribution < 1.29 is 9.50 Å². The van der Waals surface area contributed by atoms with Crippen molar-refractivity contribution in [3.8, 4) is 11.4 Å². The van der Waals surface area contributed by atoms with Crippen molar-refractivity contribution in [1.82, 2.24) is 19.8 Å². The first-order valence-electron chi connectivity index (χ1n) is 9.04. The molecule has 0 saturated carbocycles. The lowest BCUT2D eigenvalue weighted by Crippen LogP contribution is -2.24. The maximum Gasteiger partial charge on any atom is 0.188 e. The Morgan fingerprint density at radius 1 is 1.00 bits per heavy atom. The highest BCUT2D eigenvalue weighted by atomic mass is 19.1. The van der Waals surface area contributed by atoms with Crippen LogP contribution >= 0.6 is 0 Å². The van der Waals surface area contributed by atoms with Gasteiger partial charge in [-0.2, -0.15) is 4.52 Å². The summed E-state index contributed by atoms with van der Waals surface area (Å²) in [5.41, 5.74) is 0.778. The number of aromatic nitrogens is 4. The van der Waals surface area contributed by atoms with Crippen LogP contribution in [0, 0.1) is 5.82 Å². The van der Waals surface area contributed by atoms with Gasteiger partial charge in [0.15, 0.2) is 11.5 Å². The summed E-state index contributed by atoms with van der Waals surface area (Å²) in [7, 11) is 0. The summed E-state index contributed by atoms with van der Waals surface area (Å²) in [5, 5.41) is 26.5. The van der Waals surface area contributed by atoms with E-state index in [1.54, 1.807) is 37.3 Å². The maximum atomic E-state index is 14.1. The summed E-state index contributed by atoms with van der Waals surface area (Å²) in [5.74, 6) is 0.553. The first-order chi connectivity index (χ1) is 13.5. The molecule has 1 unspecified atom stereocenters. The van der Waals surface area contributed by atoms with Gasteiger partial charge in [-0.05, 0) is 43.2 Å². The predicted molar refractivity (Wildman–Crippen MR) is 105 cm³/mol. The third-order valence-electron chi connectivity index (χ3n) is 4.69. The zero-order valence-electron chi connectivity index (χ0n) is 15.4. The van der Waals surface area contributed by atoms with Crippen molar-refractivity contribution in [3.05, 3.63) is 78.1 Å². The van der Waals surface area contributed by atoms with Crippen LogP contribution in [0.4, 0.5) is 10.2 Å². The van der Waals surface area contributed by atoms with Gasteiger partial charge in [-0.3, -0.25) is 0 Å². The van der Waals surface area contributed by atoms with Crippen LogP contribution < -0.4 is 5.32 Å². The number of rotatable bonds is 6. The number of halogens is 1. The van der Waals surface area contributed by atoms with E-state index in [9.17, 15) is 9.50 Å². The van der Waals surface area contributed by atoms with E-state index in [0.29, 0.717) is 35.8 Å². The number of hydrogen-bond acceptors (Lipinski definition) is 5. The van der Waals surface area contributed by atoms with E-state index in [1.807, 2.05) is 30.3 Å². The van der Waals surface area contributed by atoms with Crippen LogP contribution in [0.15, 0.2) is 66.7 Å². The van der Waals surface area contributed by atoms with Gasteiger partial charge in [-0.25, -0.2) is 4.39 Å². The Hall–Kier alpha value is -3.32. The highest BCUT2D eigenvalue weighted by molar-refractivity contribution is 5.60. The van der Waals surface area contributed by atoms with Crippen LogP contribution in [0.2, 0.25) is 0 Å². The van der Waals surface area contributed by atoms with Crippen LogP contribution in [-0.4, -0.2) is 31.5 Å². The summed E-state index contributed by atoms with van der Waals surface area (Å²) in [4.78, 5) is 0. The molecule has 0 spiro atoms. The zero-order valence-corrected chi connectivity index (χ0v) is 15.4. The molecule has 7 heteroatoms. The molecule has 0 bridgehead atoms. The number of aliphatic hydroxyl groups is 1. The Morgan fingerprint density at radius 3 is 2.54 bits per heavy atom. The summed E-state index contributed by atoms with van der Waals surface area (Å²) in [6.07, 6.45) is 0.499. The Morgan fingerprint density at radius 2 is 1.75 bits per heavy atom. The molecule has 0 aliphatic rings. The molecule has 2 aromatic carbocycles. The minimum atomic E-state index is -0.951. The second kappa shape index (κ2) is 7.36. The van der Waals surface area contributed by atoms with E-state index in [4.69, 9.17) is 0 Å². The SMILES string of the molecule is CC(O)(CCNc1ccc2nnc(-c3ccccc3F)n2n1)c1ccccc1. The minimum absolute atomic E-state index is 0.340. The fourth-order valence-electron chi connectivity index (χ4n) is 3.07. The zero-order chi connectivity index (χ0) is 19.6. The monoisotopic (exact) mass is 377 g/mol. The molecule has 4 aromatic rings. The van der Waals surface area contributed by atoms with Crippen molar-refractivity contribution in [3.63, 3.8) is 0 Å². The molecule has 0 amide bonds. The predicted octanol–water partition coefficient (Wildman–Crippen LogP) is 3.64. The second-order valence-electron chi connectivity index (χ2n) is 6.81. The van der Waals surface area contributed by atoms with Gasteiger partial charge in [0.2, 0.25) is 0 Å². The molecule has 0 fully saturated rings. The average molecular weight is 377 g/mol. The third kappa shape index (κ3) is 3.57. The molecule has 0 aliphatic heterocycles. The smallest absolute Gasteiger partial charge is 0.188 e. The van der Waals surface area contributed by atoms with Crippen LogP contribution in [0.5, 0.6) is 0 Å². The van der Waals surface area contributed by atoms with Gasteiger partial charge >= 0.3 is 0 Å². The van der Waals surface area contributed by atoms with E-state index in [1.165, 1.54) is 10.6 Å². The van der Waals surface area contributed by atoms with Gasteiger partial charge in [0.1, 0.15) is 11.6 Å². The molecule has 4 rings (SSSR count). The quantitative estimate of drug-likeness (QED) is 0.537. The summed E-state index contributed by atoms with van der Waals surface area (Å²) in [6, 6.07) is 19.5. The van der Waals surface area contributed by atoms with Gasteiger partial charge in [0.25, 0.3) is 0 Å². The van der Waals surface area contributed by atoms with Crippen molar-refractivity contribution in [1.29, 1.82) is 0 Å². The molecule has 0 saturated heterocycles. The number of anilines is 1. The van der Waals surface area contributed by atoms with Crippen molar-refractivity contribution in [2.45, 2.75) is 18.9 Å². The molecule has 6 nitrogen and oxygen atoms in total. The van der Waals surface area contributed by atoms with Gasteiger partial charge in [0.05, 0.1) is 11.2 Å². The fraction of sp³-hybridized carbons (Fsp3) is 0.190. The molecule has 0 radical (unpaired) electrons. The lowest BCUT2D eigenvalue weighted by atomic mass is 9.93. The molecular formula is C21H20FN5O. The molecule has 2 N–H and O–H groups in total. The highest BCUT2D eigenvalue weighted by Gasteiger charge is 2.22. The van der Waals surface area contributed by atoms with E-state index in [-0.39, 0.29) is 5.82 Å². The number of hydrogen-bond donors (Lipinski definition) is 2. The first kappa shape index (κ1) is 18.1.